The van der Waals surface area contributed by atoms with E-state index in [1.54, 1.807) is 14.0 Å². The van der Waals surface area contributed by atoms with Crippen LogP contribution < -0.4 is 0 Å². The van der Waals surface area contributed by atoms with Crippen LogP contribution >= 0.6 is 0 Å². The first-order chi connectivity index (χ1) is 12.8. The third kappa shape index (κ3) is 4.00. The van der Waals surface area contributed by atoms with Gasteiger partial charge in [-0.3, -0.25) is 14.9 Å². The van der Waals surface area contributed by atoms with Crippen molar-refractivity contribution in [1.82, 2.24) is 15.1 Å². The predicted octanol–water partition coefficient (Wildman–Crippen LogP) is 3.53. The van der Waals surface area contributed by atoms with E-state index in [1.165, 1.54) is 23.1 Å². The number of hydrogen-bond acceptors (Lipinski definition) is 6. The standard InChI is InChI=1S/C19H18N4O4/c1-12-4-6-14(7-5-12)18-21-20-17(27-18)11-22(3)19(24)15-8-9-16(23(25)26)13(2)10-15/h4-10H,11H2,1-3H3. The number of rotatable bonds is 5. The number of aromatic nitrogens is 2. The maximum atomic E-state index is 12.6. The number of nitro groups is 1. The highest BCUT2D eigenvalue weighted by Gasteiger charge is 2.19. The minimum Gasteiger partial charge on any atom is -0.419 e. The summed E-state index contributed by atoms with van der Waals surface area (Å²) in [6.45, 7) is 3.72. The Hall–Kier alpha value is -3.55. The quantitative estimate of drug-likeness (QED) is 0.505. The number of hydrogen-bond donors (Lipinski definition) is 0. The van der Waals surface area contributed by atoms with Gasteiger partial charge in [-0.25, -0.2) is 0 Å². The topological polar surface area (TPSA) is 102 Å². The zero-order chi connectivity index (χ0) is 19.6. The number of benzene rings is 2. The predicted molar refractivity (Wildman–Crippen MR) is 98.1 cm³/mol. The average molecular weight is 366 g/mol. The molecule has 0 aliphatic heterocycles. The van der Waals surface area contributed by atoms with Gasteiger partial charge in [-0.1, -0.05) is 17.7 Å². The highest BCUT2D eigenvalue weighted by Crippen LogP contribution is 2.21. The van der Waals surface area contributed by atoms with Crippen molar-refractivity contribution in [2.45, 2.75) is 20.4 Å². The molecule has 8 nitrogen and oxygen atoms in total. The molecule has 1 heterocycles. The van der Waals surface area contributed by atoms with Crippen molar-refractivity contribution in [3.63, 3.8) is 0 Å². The second kappa shape index (κ2) is 7.36. The molecular weight excluding hydrogens is 348 g/mol. The summed E-state index contributed by atoms with van der Waals surface area (Å²) in [4.78, 5) is 24.4. The fourth-order valence-corrected chi connectivity index (χ4v) is 2.62. The maximum absolute atomic E-state index is 12.6. The van der Waals surface area contributed by atoms with Gasteiger partial charge >= 0.3 is 0 Å². The summed E-state index contributed by atoms with van der Waals surface area (Å²) < 4.78 is 5.64. The van der Waals surface area contributed by atoms with Gasteiger partial charge in [-0.2, -0.15) is 0 Å². The maximum Gasteiger partial charge on any atom is 0.272 e. The van der Waals surface area contributed by atoms with Gasteiger partial charge in [0.2, 0.25) is 11.8 Å². The Kier molecular flexibility index (Phi) is 4.98. The third-order valence-electron chi connectivity index (χ3n) is 4.12. The van der Waals surface area contributed by atoms with Crippen molar-refractivity contribution in [3.05, 3.63) is 75.2 Å². The fraction of sp³-hybridized carbons (Fsp3) is 0.211. The molecule has 3 rings (SSSR count). The van der Waals surface area contributed by atoms with Crippen LogP contribution in [0, 0.1) is 24.0 Å². The van der Waals surface area contributed by atoms with E-state index in [0.29, 0.717) is 22.9 Å². The van der Waals surface area contributed by atoms with Crippen molar-refractivity contribution < 1.29 is 14.1 Å². The molecule has 138 valence electrons. The van der Waals surface area contributed by atoms with E-state index in [1.807, 2.05) is 31.2 Å². The highest BCUT2D eigenvalue weighted by molar-refractivity contribution is 5.94. The summed E-state index contributed by atoms with van der Waals surface area (Å²) in [7, 11) is 1.61. The molecule has 0 aliphatic rings. The Labute approximate surface area is 155 Å². The lowest BCUT2D eigenvalue weighted by Crippen LogP contribution is -2.26. The number of nitrogens with zero attached hydrogens (tertiary/aromatic N) is 4. The van der Waals surface area contributed by atoms with Crippen LogP contribution in [0.5, 0.6) is 0 Å². The Bertz CT molecular complexity index is 995. The Morgan fingerprint density at radius 3 is 2.48 bits per heavy atom. The number of carbonyl (C=O) groups is 1. The first kappa shape index (κ1) is 18.2. The zero-order valence-corrected chi connectivity index (χ0v) is 15.2. The number of nitro benzene ring substituents is 1. The van der Waals surface area contributed by atoms with Gasteiger partial charge in [0.15, 0.2) is 0 Å². The molecule has 0 unspecified atom stereocenters. The third-order valence-corrected chi connectivity index (χ3v) is 4.12. The molecule has 0 radical (unpaired) electrons. The van der Waals surface area contributed by atoms with Gasteiger partial charge < -0.3 is 9.32 Å². The molecular formula is C19H18N4O4. The van der Waals surface area contributed by atoms with Crippen molar-refractivity contribution in [3.8, 4) is 11.5 Å². The van der Waals surface area contributed by atoms with Crippen molar-refractivity contribution in [2.75, 3.05) is 7.05 Å². The second-order valence-electron chi connectivity index (χ2n) is 6.29. The minimum absolute atomic E-state index is 0.0196. The summed E-state index contributed by atoms with van der Waals surface area (Å²) in [5, 5.41) is 18.9. The molecule has 0 bridgehead atoms. The normalized spacial score (nSPS) is 10.6. The molecule has 2 aromatic carbocycles. The Morgan fingerprint density at radius 2 is 1.85 bits per heavy atom. The molecule has 8 heteroatoms. The summed E-state index contributed by atoms with van der Waals surface area (Å²) in [6.07, 6.45) is 0. The van der Waals surface area contributed by atoms with Gasteiger partial charge in [0.25, 0.3) is 11.6 Å². The van der Waals surface area contributed by atoms with Crippen LogP contribution in [0.15, 0.2) is 46.9 Å². The van der Waals surface area contributed by atoms with Crippen LogP contribution in [-0.4, -0.2) is 33.0 Å². The van der Waals surface area contributed by atoms with Gasteiger partial charge in [0, 0.05) is 29.8 Å². The van der Waals surface area contributed by atoms with E-state index < -0.39 is 4.92 Å². The molecule has 0 fully saturated rings. The second-order valence-corrected chi connectivity index (χ2v) is 6.29. The first-order valence-corrected chi connectivity index (χ1v) is 8.25. The largest absolute Gasteiger partial charge is 0.419 e. The lowest BCUT2D eigenvalue weighted by molar-refractivity contribution is -0.385. The smallest absolute Gasteiger partial charge is 0.272 e. The fourth-order valence-electron chi connectivity index (χ4n) is 2.62. The Balaban J connectivity index is 1.72. The monoisotopic (exact) mass is 366 g/mol. The molecule has 1 aromatic heterocycles. The number of aryl methyl sites for hydroxylation is 2. The molecule has 0 saturated heterocycles. The van der Waals surface area contributed by atoms with Crippen LogP contribution in [-0.2, 0) is 6.54 Å². The number of carbonyl (C=O) groups excluding carboxylic acids is 1. The van der Waals surface area contributed by atoms with Crippen LogP contribution in [0.4, 0.5) is 5.69 Å². The SMILES string of the molecule is Cc1ccc(-c2nnc(CN(C)C(=O)c3ccc([N+](=O)[O-])c(C)c3)o2)cc1. The lowest BCUT2D eigenvalue weighted by atomic mass is 10.1. The van der Waals surface area contributed by atoms with Crippen molar-refractivity contribution in [1.29, 1.82) is 0 Å². The van der Waals surface area contributed by atoms with E-state index in [9.17, 15) is 14.9 Å². The van der Waals surface area contributed by atoms with Crippen molar-refractivity contribution >= 4 is 11.6 Å². The molecule has 0 atom stereocenters. The summed E-state index contributed by atoms with van der Waals surface area (Å²) in [5.74, 6) is 0.403. The summed E-state index contributed by atoms with van der Waals surface area (Å²) >= 11 is 0. The van der Waals surface area contributed by atoms with Crippen LogP contribution in [0.1, 0.15) is 27.4 Å². The van der Waals surface area contributed by atoms with E-state index in [0.717, 1.165) is 11.1 Å². The molecule has 1 amide bonds. The van der Waals surface area contributed by atoms with E-state index in [4.69, 9.17) is 4.42 Å². The minimum atomic E-state index is -0.474. The van der Waals surface area contributed by atoms with Gasteiger partial charge in [-0.15, -0.1) is 10.2 Å². The highest BCUT2D eigenvalue weighted by atomic mass is 16.6. The average Bonchev–Trinajstić information content (AvgIpc) is 3.09. The van der Waals surface area contributed by atoms with Gasteiger partial charge in [0.1, 0.15) is 0 Å². The van der Waals surface area contributed by atoms with E-state index in [-0.39, 0.29) is 18.1 Å². The molecule has 0 N–H and O–H groups in total. The molecule has 0 spiro atoms. The molecule has 0 saturated carbocycles. The van der Waals surface area contributed by atoms with Crippen LogP contribution in [0.25, 0.3) is 11.5 Å². The first-order valence-electron chi connectivity index (χ1n) is 8.25. The van der Waals surface area contributed by atoms with Crippen LogP contribution in [0.2, 0.25) is 0 Å². The Morgan fingerprint density at radius 1 is 1.15 bits per heavy atom. The summed E-state index contributed by atoms with van der Waals surface area (Å²) in [6, 6.07) is 12.0. The molecule has 3 aromatic rings. The molecule has 0 aliphatic carbocycles. The van der Waals surface area contributed by atoms with Gasteiger partial charge in [-0.05, 0) is 38.1 Å². The zero-order valence-electron chi connectivity index (χ0n) is 15.2. The van der Waals surface area contributed by atoms with Crippen LogP contribution in [0.3, 0.4) is 0 Å². The van der Waals surface area contributed by atoms with E-state index >= 15 is 0 Å². The molecule has 27 heavy (non-hydrogen) atoms. The number of amides is 1. The van der Waals surface area contributed by atoms with E-state index in [2.05, 4.69) is 10.2 Å². The van der Waals surface area contributed by atoms with Crippen molar-refractivity contribution in [2.24, 2.45) is 0 Å². The lowest BCUT2D eigenvalue weighted by Gasteiger charge is -2.15. The van der Waals surface area contributed by atoms with Gasteiger partial charge in [0.05, 0.1) is 11.5 Å². The summed E-state index contributed by atoms with van der Waals surface area (Å²) in [5.41, 5.74) is 2.70.